The van der Waals surface area contributed by atoms with Gasteiger partial charge in [-0.1, -0.05) is 18.6 Å². The van der Waals surface area contributed by atoms with Crippen LogP contribution in [0.15, 0.2) is 34.2 Å². The van der Waals surface area contributed by atoms with Crippen LogP contribution in [0.25, 0.3) is 0 Å². The number of hydrogen-bond donors (Lipinski definition) is 3. The molecule has 1 saturated carbocycles. The van der Waals surface area contributed by atoms with Gasteiger partial charge in [0.1, 0.15) is 0 Å². The Morgan fingerprint density at radius 2 is 1.93 bits per heavy atom. The summed E-state index contributed by atoms with van der Waals surface area (Å²) in [6.07, 6.45) is 4.77. The van der Waals surface area contributed by atoms with Crippen LogP contribution >= 0.6 is 24.0 Å². The Hall–Kier alpha value is -0.910. The maximum absolute atomic E-state index is 11.3. The maximum Gasteiger partial charge on any atom is 0.238 e. The van der Waals surface area contributed by atoms with Crippen LogP contribution in [0.1, 0.15) is 38.2 Å². The van der Waals surface area contributed by atoms with Crippen LogP contribution in [-0.2, 0) is 21.3 Å². The largest absolute Gasteiger partial charge is 0.385 e. The van der Waals surface area contributed by atoms with E-state index < -0.39 is 10.0 Å². The number of halogens is 1. The number of ether oxygens (including phenoxy) is 1. The summed E-state index contributed by atoms with van der Waals surface area (Å²) in [5.74, 6) is 0.770. The van der Waals surface area contributed by atoms with Crippen LogP contribution in [-0.4, -0.2) is 41.2 Å². The minimum atomic E-state index is -3.66. The lowest BCUT2D eigenvalue weighted by Gasteiger charge is -2.42. The van der Waals surface area contributed by atoms with Gasteiger partial charge in [0.25, 0.3) is 0 Å². The Labute approximate surface area is 179 Å². The van der Waals surface area contributed by atoms with Gasteiger partial charge in [0.15, 0.2) is 5.96 Å². The molecule has 0 saturated heterocycles. The average Bonchev–Trinajstić information content (AvgIpc) is 2.58. The third kappa shape index (κ3) is 7.55. The molecule has 0 spiro atoms. The SMILES string of the molecule is CCNC(=NCc1ccc(S(N)(=O)=O)cc1)NCC1(CCOC)CCC1.I. The van der Waals surface area contributed by atoms with Crippen LogP contribution < -0.4 is 15.8 Å². The molecule has 27 heavy (non-hydrogen) atoms. The van der Waals surface area contributed by atoms with Crippen molar-refractivity contribution in [3.63, 3.8) is 0 Å². The molecule has 0 heterocycles. The van der Waals surface area contributed by atoms with Gasteiger partial charge in [-0.25, -0.2) is 18.5 Å². The van der Waals surface area contributed by atoms with Crippen LogP contribution in [0, 0.1) is 5.41 Å². The van der Waals surface area contributed by atoms with E-state index in [1.54, 1.807) is 19.2 Å². The number of nitrogens with zero attached hydrogens (tertiary/aromatic N) is 1. The van der Waals surface area contributed by atoms with E-state index >= 15 is 0 Å². The topological polar surface area (TPSA) is 106 Å². The lowest BCUT2D eigenvalue weighted by atomic mass is 9.67. The predicted octanol–water partition coefficient (Wildman–Crippen LogP) is 2.21. The molecule has 1 aliphatic carbocycles. The van der Waals surface area contributed by atoms with Gasteiger partial charge in [0.2, 0.25) is 10.0 Å². The molecule has 0 aliphatic heterocycles. The number of nitrogens with one attached hydrogen (secondary N) is 2. The third-order valence-corrected chi connectivity index (χ3v) is 5.83. The fourth-order valence-corrected chi connectivity index (χ4v) is 3.59. The normalized spacial score (nSPS) is 16.2. The Morgan fingerprint density at radius 1 is 1.26 bits per heavy atom. The van der Waals surface area contributed by atoms with Crippen LogP contribution in [0.3, 0.4) is 0 Å². The molecule has 154 valence electrons. The molecule has 0 bridgehead atoms. The number of primary sulfonamides is 1. The summed E-state index contributed by atoms with van der Waals surface area (Å²) in [4.78, 5) is 4.71. The van der Waals surface area contributed by atoms with Crippen LogP contribution in [0.4, 0.5) is 0 Å². The Balaban J connectivity index is 0.00000364. The molecule has 1 fully saturated rings. The van der Waals surface area contributed by atoms with Crippen molar-refractivity contribution in [1.29, 1.82) is 0 Å². The zero-order valence-electron chi connectivity index (χ0n) is 16.0. The minimum absolute atomic E-state index is 0. The molecule has 0 aromatic heterocycles. The van der Waals surface area contributed by atoms with Gasteiger partial charge in [0, 0.05) is 26.8 Å². The van der Waals surface area contributed by atoms with Gasteiger partial charge in [-0.05, 0) is 49.3 Å². The summed E-state index contributed by atoms with van der Waals surface area (Å²) in [5, 5.41) is 11.8. The van der Waals surface area contributed by atoms with E-state index in [0.29, 0.717) is 12.0 Å². The molecule has 0 unspecified atom stereocenters. The molecule has 0 radical (unpaired) electrons. The van der Waals surface area contributed by atoms with E-state index in [0.717, 1.165) is 37.6 Å². The summed E-state index contributed by atoms with van der Waals surface area (Å²) < 4.78 is 27.9. The summed E-state index contributed by atoms with van der Waals surface area (Å²) in [6, 6.07) is 6.49. The van der Waals surface area contributed by atoms with Crippen molar-refractivity contribution >= 4 is 40.0 Å². The zero-order chi connectivity index (χ0) is 19.0. The van der Waals surface area contributed by atoms with Gasteiger partial charge >= 0.3 is 0 Å². The smallest absolute Gasteiger partial charge is 0.238 e. The van der Waals surface area contributed by atoms with Gasteiger partial charge in [-0.3, -0.25) is 0 Å². The molecule has 7 nitrogen and oxygen atoms in total. The summed E-state index contributed by atoms with van der Waals surface area (Å²) in [5.41, 5.74) is 1.23. The highest BCUT2D eigenvalue weighted by Gasteiger charge is 2.36. The number of nitrogens with two attached hydrogens (primary N) is 1. The minimum Gasteiger partial charge on any atom is -0.385 e. The number of sulfonamides is 1. The molecular formula is C18H31IN4O3S. The van der Waals surface area contributed by atoms with Gasteiger partial charge < -0.3 is 15.4 Å². The van der Waals surface area contributed by atoms with E-state index in [1.165, 1.54) is 31.4 Å². The fraction of sp³-hybridized carbons (Fsp3) is 0.611. The zero-order valence-corrected chi connectivity index (χ0v) is 19.2. The van der Waals surface area contributed by atoms with Gasteiger partial charge in [-0.2, -0.15) is 0 Å². The molecule has 2 rings (SSSR count). The second-order valence-electron chi connectivity index (χ2n) is 6.83. The van der Waals surface area contributed by atoms with E-state index in [1.807, 2.05) is 6.92 Å². The van der Waals surface area contributed by atoms with E-state index in [-0.39, 0.29) is 28.9 Å². The third-order valence-electron chi connectivity index (χ3n) is 4.90. The maximum atomic E-state index is 11.3. The van der Waals surface area contributed by atoms with Crippen LogP contribution in [0.2, 0.25) is 0 Å². The predicted molar refractivity (Wildman–Crippen MR) is 119 cm³/mol. The molecule has 9 heteroatoms. The first-order chi connectivity index (χ1) is 12.4. The number of aliphatic imine (C=N–C) groups is 1. The number of guanidine groups is 1. The van der Waals surface area contributed by atoms with Crippen molar-refractivity contribution in [2.45, 2.75) is 44.0 Å². The van der Waals surface area contributed by atoms with Crippen molar-refractivity contribution in [2.75, 3.05) is 26.8 Å². The monoisotopic (exact) mass is 510 g/mol. The highest BCUT2D eigenvalue weighted by atomic mass is 127. The molecule has 1 aliphatic rings. The van der Waals surface area contributed by atoms with Gasteiger partial charge in [0.05, 0.1) is 11.4 Å². The molecule has 1 aromatic rings. The van der Waals surface area contributed by atoms with Crippen molar-refractivity contribution in [3.05, 3.63) is 29.8 Å². The Bertz CT molecular complexity index is 704. The first-order valence-corrected chi connectivity index (χ1v) is 10.6. The average molecular weight is 510 g/mol. The summed E-state index contributed by atoms with van der Waals surface area (Å²) >= 11 is 0. The second kappa shape index (κ2) is 11.2. The summed E-state index contributed by atoms with van der Waals surface area (Å²) in [7, 11) is -1.92. The highest BCUT2D eigenvalue weighted by molar-refractivity contribution is 14.0. The molecule has 4 N–H and O–H groups in total. The highest BCUT2D eigenvalue weighted by Crippen LogP contribution is 2.43. The second-order valence-corrected chi connectivity index (χ2v) is 8.40. The first kappa shape index (κ1) is 24.1. The quantitative estimate of drug-likeness (QED) is 0.269. The standard InChI is InChI=1S/C18H30N4O3S.HI/c1-3-20-17(22-14-18(9-4-10-18)11-12-25-2)21-13-15-5-7-16(8-6-15)26(19,23)24;/h5-8H,3-4,9-14H2,1-2H3,(H2,19,23,24)(H2,20,21,22);1H. The van der Waals surface area contributed by atoms with Crippen LogP contribution in [0.5, 0.6) is 0 Å². The van der Waals surface area contributed by atoms with Crippen molar-refractivity contribution in [3.8, 4) is 0 Å². The Kier molecular flexibility index (Phi) is 9.99. The van der Waals surface area contributed by atoms with Crippen molar-refractivity contribution < 1.29 is 13.2 Å². The number of methoxy groups -OCH3 is 1. The number of benzene rings is 1. The molecule has 1 aromatic carbocycles. The lowest BCUT2D eigenvalue weighted by Crippen LogP contribution is -2.46. The van der Waals surface area contributed by atoms with E-state index in [9.17, 15) is 8.42 Å². The summed E-state index contributed by atoms with van der Waals surface area (Å²) in [6.45, 7) is 4.94. The van der Waals surface area contributed by atoms with E-state index in [4.69, 9.17) is 9.88 Å². The first-order valence-electron chi connectivity index (χ1n) is 9.01. The fourth-order valence-electron chi connectivity index (χ4n) is 3.08. The van der Waals surface area contributed by atoms with E-state index in [2.05, 4.69) is 15.6 Å². The number of hydrogen-bond acceptors (Lipinski definition) is 4. The molecule has 0 amide bonds. The molecular weight excluding hydrogens is 479 g/mol. The van der Waals surface area contributed by atoms with Crippen molar-refractivity contribution in [2.24, 2.45) is 15.5 Å². The van der Waals surface area contributed by atoms with Gasteiger partial charge in [-0.15, -0.1) is 24.0 Å². The number of rotatable bonds is 9. The molecule has 0 atom stereocenters. The Morgan fingerprint density at radius 3 is 2.41 bits per heavy atom. The van der Waals surface area contributed by atoms with Crippen molar-refractivity contribution in [1.82, 2.24) is 10.6 Å². The lowest BCUT2D eigenvalue weighted by molar-refractivity contribution is 0.0732.